The van der Waals surface area contributed by atoms with Gasteiger partial charge in [-0.25, -0.2) is 4.68 Å². The Bertz CT molecular complexity index is 744. The van der Waals surface area contributed by atoms with Gasteiger partial charge in [-0.1, -0.05) is 17.3 Å². The van der Waals surface area contributed by atoms with Crippen LogP contribution < -0.4 is 10.6 Å². The highest BCUT2D eigenvalue weighted by molar-refractivity contribution is 5.84. The third-order valence-electron chi connectivity index (χ3n) is 5.40. The van der Waals surface area contributed by atoms with Gasteiger partial charge in [-0.2, -0.15) is 0 Å². The lowest BCUT2D eigenvalue weighted by atomic mass is 9.80. The molecule has 1 aromatic heterocycles. The molecule has 0 spiro atoms. The van der Waals surface area contributed by atoms with Gasteiger partial charge in [0.1, 0.15) is 5.52 Å². The van der Waals surface area contributed by atoms with Crippen molar-refractivity contribution in [3.63, 3.8) is 0 Å². The largest absolute Gasteiger partial charge is 0.355 e. The third-order valence-corrected chi connectivity index (χ3v) is 5.40. The Labute approximate surface area is 141 Å². The number of para-hydroxylation sites is 1. The number of hydrogen-bond donors (Lipinski definition) is 2. The second-order valence-electron chi connectivity index (χ2n) is 7.09. The minimum atomic E-state index is -0.241. The zero-order valence-corrected chi connectivity index (χ0v) is 14.0. The minimum Gasteiger partial charge on any atom is -0.355 e. The predicted molar refractivity (Wildman–Crippen MR) is 91.4 cm³/mol. The molecule has 0 aliphatic carbocycles. The Morgan fingerprint density at radius 1 is 1.46 bits per heavy atom. The molecule has 4 rings (SSSR count). The number of hydrogen-bond acceptors (Lipinski definition) is 5. The number of amides is 1. The van der Waals surface area contributed by atoms with Crippen LogP contribution in [0.4, 0.5) is 0 Å². The van der Waals surface area contributed by atoms with E-state index in [9.17, 15) is 4.79 Å². The van der Waals surface area contributed by atoms with Crippen molar-refractivity contribution in [1.82, 2.24) is 30.5 Å². The van der Waals surface area contributed by atoms with E-state index in [4.69, 9.17) is 0 Å². The van der Waals surface area contributed by atoms with Crippen LogP contribution in [0.15, 0.2) is 24.3 Å². The summed E-state index contributed by atoms with van der Waals surface area (Å²) in [5, 5.41) is 14.9. The van der Waals surface area contributed by atoms with Crippen LogP contribution in [0.2, 0.25) is 0 Å². The Morgan fingerprint density at radius 2 is 2.33 bits per heavy atom. The van der Waals surface area contributed by atoms with Gasteiger partial charge in [0, 0.05) is 45.2 Å². The van der Waals surface area contributed by atoms with Gasteiger partial charge in [-0.05, 0) is 25.6 Å². The maximum Gasteiger partial charge on any atom is 0.229 e. The van der Waals surface area contributed by atoms with Crippen LogP contribution in [-0.4, -0.2) is 65.6 Å². The zero-order chi connectivity index (χ0) is 16.6. The molecule has 2 N–H and O–H groups in total. The van der Waals surface area contributed by atoms with Gasteiger partial charge >= 0.3 is 0 Å². The molecule has 2 aliphatic rings. The average molecular weight is 328 g/mol. The van der Waals surface area contributed by atoms with E-state index < -0.39 is 0 Å². The number of fused-ring (bicyclic) bond motifs is 2. The zero-order valence-electron chi connectivity index (χ0n) is 14.0. The molecular weight excluding hydrogens is 304 g/mol. The summed E-state index contributed by atoms with van der Waals surface area (Å²) in [5.74, 6) is 0.632. The number of rotatable bonds is 5. The van der Waals surface area contributed by atoms with Crippen molar-refractivity contribution in [2.24, 2.45) is 11.3 Å². The monoisotopic (exact) mass is 328 g/mol. The van der Waals surface area contributed by atoms with Crippen LogP contribution in [0.3, 0.4) is 0 Å². The van der Waals surface area contributed by atoms with E-state index in [-0.39, 0.29) is 11.3 Å². The van der Waals surface area contributed by atoms with Gasteiger partial charge in [0.2, 0.25) is 5.91 Å². The molecule has 7 nitrogen and oxygen atoms in total. The quantitative estimate of drug-likeness (QED) is 0.761. The van der Waals surface area contributed by atoms with Crippen LogP contribution in [0.25, 0.3) is 11.0 Å². The molecule has 2 aliphatic heterocycles. The number of aromatic nitrogens is 3. The van der Waals surface area contributed by atoms with Crippen molar-refractivity contribution in [2.45, 2.75) is 13.0 Å². The minimum absolute atomic E-state index is 0.199. The molecular formula is C17H24N6O. The van der Waals surface area contributed by atoms with Crippen LogP contribution in [0.1, 0.15) is 6.42 Å². The molecule has 0 radical (unpaired) electrons. The van der Waals surface area contributed by atoms with Crippen molar-refractivity contribution in [3.8, 4) is 0 Å². The first-order chi connectivity index (χ1) is 11.7. The summed E-state index contributed by atoms with van der Waals surface area (Å²) in [6.45, 7) is 5.03. The average Bonchev–Trinajstić information content (AvgIpc) is 3.24. The highest BCUT2D eigenvalue weighted by atomic mass is 16.2. The summed E-state index contributed by atoms with van der Waals surface area (Å²) in [6, 6.07) is 7.94. The molecule has 3 heterocycles. The number of nitrogens with one attached hydrogen (secondary N) is 2. The predicted octanol–water partition coefficient (Wildman–Crippen LogP) is 0.0888. The topological polar surface area (TPSA) is 75.1 Å². The molecule has 7 heteroatoms. The summed E-state index contributed by atoms with van der Waals surface area (Å²) in [5.41, 5.74) is 1.71. The van der Waals surface area contributed by atoms with Crippen LogP contribution in [0, 0.1) is 11.3 Å². The molecule has 24 heavy (non-hydrogen) atoms. The van der Waals surface area contributed by atoms with Crippen molar-refractivity contribution < 1.29 is 4.79 Å². The second-order valence-corrected chi connectivity index (χ2v) is 7.09. The standard InChI is InChI=1S/C17H24N6O/c1-22-10-13-9-18-11-17(13,12-22)16(24)19-7-4-8-23-15-6-3-2-5-14(15)20-21-23/h2-3,5-6,13,18H,4,7-12H2,1H3,(H,19,24)/t13-,17-/m1/s1. The van der Waals surface area contributed by atoms with Crippen molar-refractivity contribution in [2.75, 3.05) is 39.8 Å². The normalized spacial score (nSPS) is 26.8. The molecule has 128 valence electrons. The number of benzene rings is 1. The first-order valence-electron chi connectivity index (χ1n) is 8.65. The number of carbonyl (C=O) groups excluding carboxylic acids is 1. The van der Waals surface area contributed by atoms with Crippen LogP contribution in [-0.2, 0) is 11.3 Å². The van der Waals surface area contributed by atoms with Gasteiger partial charge in [-0.15, -0.1) is 5.10 Å². The number of aryl methyl sites for hydroxylation is 1. The van der Waals surface area contributed by atoms with E-state index in [1.54, 1.807) is 0 Å². The molecule has 2 aromatic rings. The van der Waals surface area contributed by atoms with Crippen LogP contribution >= 0.6 is 0 Å². The lowest BCUT2D eigenvalue weighted by Gasteiger charge is -2.26. The van der Waals surface area contributed by atoms with Gasteiger partial charge in [-0.3, -0.25) is 4.79 Å². The van der Waals surface area contributed by atoms with Gasteiger partial charge in [0.05, 0.1) is 10.9 Å². The molecule has 2 fully saturated rings. The Hall–Kier alpha value is -1.99. The van der Waals surface area contributed by atoms with Crippen molar-refractivity contribution >= 4 is 16.9 Å². The number of carbonyl (C=O) groups is 1. The van der Waals surface area contributed by atoms with E-state index in [2.05, 4.69) is 32.9 Å². The fraction of sp³-hybridized carbons (Fsp3) is 0.588. The maximum absolute atomic E-state index is 12.8. The van der Waals surface area contributed by atoms with Crippen molar-refractivity contribution in [1.29, 1.82) is 0 Å². The van der Waals surface area contributed by atoms with E-state index in [0.29, 0.717) is 12.5 Å². The maximum atomic E-state index is 12.8. The summed E-state index contributed by atoms with van der Waals surface area (Å²) in [7, 11) is 2.10. The van der Waals surface area contributed by atoms with E-state index in [0.717, 1.165) is 50.2 Å². The molecule has 2 saturated heterocycles. The Balaban J connectivity index is 1.32. The molecule has 1 amide bonds. The molecule has 0 unspecified atom stereocenters. The Kier molecular flexibility index (Phi) is 3.97. The SMILES string of the molecule is CN1C[C@H]2CNC[C@@]2(C(=O)NCCCn2nnc3ccccc32)C1. The first-order valence-corrected chi connectivity index (χ1v) is 8.65. The third kappa shape index (κ3) is 2.57. The summed E-state index contributed by atoms with van der Waals surface area (Å²) >= 11 is 0. The highest BCUT2D eigenvalue weighted by Gasteiger charge is 2.53. The smallest absolute Gasteiger partial charge is 0.229 e. The van der Waals surface area contributed by atoms with Crippen molar-refractivity contribution in [3.05, 3.63) is 24.3 Å². The lowest BCUT2D eigenvalue weighted by molar-refractivity contribution is -0.130. The number of likely N-dealkylation sites (tertiary alicyclic amines) is 1. The Morgan fingerprint density at radius 3 is 3.25 bits per heavy atom. The molecule has 1 aromatic carbocycles. The van der Waals surface area contributed by atoms with E-state index in [1.165, 1.54) is 0 Å². The van der Waals surface area contributed by atoms with Crippen LogP contribution in [0.5, 0.6) is 0 Å². The van der Waals surface area contributed by atoms with Gasteiger partial charge in [0.15, 0.2) is 0 Å². The van der Waals surface area contributed by atoms with E-state index in [1.807, 2.05) is 28.9 Å². The lowest BCUT2D eigenvalue weighted by Crippen LogP contribution is -2.47. The summed E-state index contributed by atoms with van der Waals surface area (Å²) in [6.07, 6.45) is 0.850. The van der Waals surface area contributed by atoms with Gasteiger partial charge in [0.25, 0.3) is 0 Å². The molecule has 2 atom stereocenters. The van der Waals surface area contributed by atoms with E-state index >= 15 is 0 Å². The summed E-state index contributed by atoms with van der Waals surface area (Å²) < 4.78 is 1.91. The second kappa shape index (κ2) is 6.14. The highest BCUT2D eigenvalue weighted by Crippen LogP contribution is 2.38. The number of nitrogens with zero attached hydrogens (tertiary/aromatic N) is 4. The first kappa shape index (κ1) is 15.5. The fourth-order valence-electron chi connectivity index (χ4n) is 4.18. The fourth-order valence-corrected chi connectivity index (χ4v) is 4.18. The molecule has 0 bridgehead atoms. The van der Waals surface area contributed by atoms with Gasteiger partial charge < -0.3 is 15.5 Å². The summed E-state index contributed by atoms with van der Waals surface area (Å²) in [4.78, 5) is 15.0. The molecule has 0 saturated carbocycles.